The minimum atomic E-state index is 0.0654. The zero-order valence-corrected chi connectivity index (χ0v) is 17.1. The van der Waals surface area contributed by atoms with Gasteiger partial charge in [0.1, 0.15) is 0 Å². The quantitative estimate of drug-likeness (QED) is 0.654. The maximum absolute atomic E-state index is 12.9. The van der Waals surface area contributed by atoms with Gasteiger partial charge in [0.15, 0.2) is 0 Å². The Morgan fingerprint density at radius 2 is 2.00 bits per heavy atom. The topological polar surface area (TPSA) is 46.1 Å². The normalized spacial score (nSPS) is 16.6. The number of piperidine rings is 1. The summed E-state index contributed by atoms with van der Waals surface area (Å²) in [6.07, 6.45) is 6.32. The number of likely N-dealkylation sites (tertiary alicyclic amines) is 1. The molecule has 2 aromatic heterocycles. The highest BCUT2D eigenvalue weighted by Crippen LogP contribution is 2.28. The maximum atomic E-state index is 12.9. The van der Waals surface area contributed by atoms with Crippen LogP contribution in [0.5, 0.6) is 0 Å². The molecule has 0 N–H and O–H groups in total. The standard InChI is InChI=1S/C25H27N3O/c1-18-7-3-4-8-21(18)14-20-13-19(2)27-24(15-20)23-10-6-12-28(17-23)25(29)22-9-5-11-26-16-22/h3-5,7-9,11,13,15-16,23H,6,10,12,14,17H2,1-2H3/t23-/m1/s1. The first kappa shape index (κ1) is 19.3. The Labute approximate surface area is 172 Å². The van der Waals surface area contributed by atoms with Crippen LogP contribution in [0.25, 0.3) is 0 Å². The summed E-state index contributed by atoms with van der Waals surface area (Å²) in [5.41, 5.74) is 6.76. The number of carbonyl (C=O) groups is 1. The molecule has 1 fully saturated rings. The van der Waals surface area contributed by atoms with Crippen LogP contribution in [0.4, 0.5) is 0 Å². The number of aryl methyl sites for hydroxylation is 2. The molecule has 3 aromatic rings. The summed E-state index contributed by atoms with van der Waals surface area (Å²) in [6.45, 7) is 5.74. The van der Waals surface area contributed by atoms with Gasteiger partial charge in [-0.05, 0) is 74.1 Å². The average molecular weight is 386 g/mol. The van der Waals surface area contributed by atoms with Gasteiger partial charge >= 0.3 is 0 Å². The lowest BCUT2D eigenvalue weighted by molar-refractivity contribution is 0.0705. The SMILES string of the molecule is Cc1cc(Cc2ccccc2C)cc([C@@H]2CCCN(C(=O)c3cccnc3)C2)n1. The van der Waals surface area contributed by atoms with E-state index in [0.717, 1.165) is 37.2 Å². The van der Waals surface area contributed by atoms with Gasteiger partial charge in [0.25, 0.3) is 5.91 Å². The number of pyridine rings is 2. The van der Waals surface area contributed by atoms with Crippen molar-refractivity contribution in [1.82, 2.24) is 14.9 Å². The van der Waals surface area contributed by atoms with Crippen LogP contribution >= 0.6 is 0 Å². The van der Waals surface area contributed by atoms with Crippen molar-refractivity contribution in [1.29, 1.82) is 0 Å². The number of hydrogen-bond donors (Lipinski definition) is 0. The van der Waals surface area contributed by atoms with Crippen LogP contribution in [0, 0.1) is 13.8 Å². The fourth-order valence-corrected chi connectivity index (χ4v) is 4.18. The molecule has 0 unspecified atom stereocenters. The average Bonchev–Trinajstić information content (AvgIpc) is 2.75. The smallest absolute Gasteiger partial charge is 0.255 e. The summed E-state index contributed by atoms with van der Waals surface area (Å²) >= 11 is 0. The van der Waals surface area contributed by atoms with Crippen LogP contribution in [-0.2, 0) is 6.42 Å². The lowest BCUT2D eigenvalue weighted by atomic mass is 9.91. The number of amides is 1. The number of benzene rings is 1. The molecular formula is C25H27N3O. The summed E-state index contributed by atoms with van der Waals surface area (Å²) in [6, 6.07) is 16.6. The van der Waals surface area contributed by atoms with Gasteiger partial charge in [0.05, 0.1) is 5.56 Å². The molecule has 1 amide bonds. The van der Waals surface area contributed by atoms with Crippen molar-refractivity contribution >= 4 is 5.91 Å². The van der Waals surface area contributed by atoms with Crippen molar-refractivity contribution in [3.8, 4) is 0 Å². The second-order valence-electron chi connectivity index (χ2n) is 7.98. The molecule has 1 atom stereocenters. The van der Waals surface area contributed by atoms with Crippen LogP contribution in [0.3, 0.4) is 0 Å². The zero-order chi connectivity index (χ0) is 20.2. The molecule has 29 heavy (non-hydrogen) atoms. The van der Waals surface area contributed by atoms with Crippen LogP contribution in [0.1, 0.15) is 57.2 Å². The van der Waals surface area contributed by atoms with Gasteiger partial charge in [-0.2, -0.15) is 0 Å². The molecule has 4 nitrogen and oxygen atoms in total. The van der Waals surface area contributed by atoms with Crippen molar-refractivity contribution in [2.75, 3.05) is 13.1 Å². The Balaban J connectivity index is 1.54. The molecular weight excluding hydrogens is 358 g/mol. The van der Waals surface area contributed by atoms with Gasteiger partial charge in [0, 0.05) is 42.8 Å². The van der Waals surface area contributed by atoms with Gasteiger partial charge < -0.3 is 4.90 Å². The van der Waals surface area contributed by atoms with E-state index in [-0.39, 0.29) is 11.8 Å². The van der Waals surface area contributed by atoms with Crippen molar-refractivity contribution < 1.29 is 4.79 Å². The van der Waals surface area contributed by atoms with Crippen LogP contribution in [0.2, 0.25) is 0 Å². The molecule has 0 bridgehead atoms. The van der Waals surface area contributed by atoms with E-state index in [4.69, 9.17) is 4.98 Å². The Kier molecular flexibility index (Phi) is 5.70. The second kappa shape index (κ2) is 8.56. The van der Waals surface area contributed by atoms with Crippen LogP contribution < -0.4 is 0 Å². The number of rotatable bonds is 4. The fourth-order valence-electron chi connectivity index (χ4n) is 4.18. The molecule has 4 rings (SSSR count). The molecule has 1 aromatic carbocycles. The largest absolute Gasteiger partial charge is 0.338 e. The fraction of sp³-hybridized carbons (Fsp3) is 0.320. The maximum Gasteiger partial charge on any atom is 0.255 e. The number of carbonyl (C=O) groups excluding carboxylic acids is 1. The van der Waals surface area contributed by atoms with Crippen molar-refractivity contribution in [3.63, 3.8) is 0 Å². The third kappa shape index (κ3) is 4.53. The van der Waals surface area contributed by atoms with E-state index in [9.17, 15) is 4.79 Å². The highest BCUT2D eigenvalue weighted by atomic mass is 16.2. The van der Waals surface area contributed by atoms with Crippen molar-refractivity contribution in [3.05, 3.63) is 94.6 Å². The first-order valence-electron chi connectivity index (χ1n) is 10.3. The lowest BCUT2D eigenvalue weighted by Crippen LogP contribution is -2.39. The van der Waals surface area contributed by atoms with E-state index < -0.39 is 0 Å². The molecule has 148 valence electrons. The minimum Gasteiger partial charge on any atom is -0.338 e. The predicted octanol–water partition coefficient (Wildman–Crippen LogP) is 4.70. The Hall–Kier alpha value is -3.01. The second-order valence-corrected chi connectivity index (χ2v) is 7.98. The van der Waals surface area contributed by atoms with E-state index in [0.29, 0.717) is 12.1 Å². The highest BCUT2D eigenvalue weighted by Gasteiger charge is 2.26. The van der Waals surface area contributed by atoms with E-state index >= 15 is 0 Å². The number of hydrogen-bond acceptors (Lipinski definition) is 3. The van der Waals surface area contributed by atoms with E-state index in [2.05, 4.69) is 55.2 Å². The molecule has 0 spiro atoms. The molecule has 3 heterocycles. The van der Waals surface area contributed by atoms with E-state index in [1.54, 1.807) is 12.4 Å². The summed E-state index contributed by atoms with van der Waals surface area (Å²) in [4.78, 5) is 23.7. The Morgan fingerprint density at radius 1 is 1.14 bits per heavy atom. The van der Waals surface area contributed by atoms with Gasteiger partial charge in [-0.25, -0.2) is 0 Å². The number of nitrogens with zero attached hydrogens (tertiary/aromatic N) is 3. The third-order valence-electron chi connectivity index (χ3n) is 5.72. The Bertz CT molecular complexity index is 1000. The highest BCUT2D eigenvalue weighted by molar-refractivity contribution is 5.94. The van der Waals surface area contributed by atoms with E-state index in [1.165, 1.54) is 16.7 Å². The molecule has 0 saturated carbocycles. The summed E-state index contributed by atoms with van der Waals surface area (Å²) < 4.78 is 0. The first-order chi connectivity index (χ1) is 14.1. The van der Waals surface area contributed by atoms with Crippen molar-refractivity contribution in [2.45, 2.75) is 39.0 Å². The van der Waals surface area contributed by atoms with Gasteiger partial charge in [-0.3, -0.25) is 14.8 Å². The minimum absolute atomic E-state index is 0.0654. The molecule has 4 heteroatoms. The lowest BCUT2D eigenvalue weighted by Gasteiger charge is -2.32. The molecule has 1 saturated heterocycles. The van der Waals surface area contributed by atoms with Gasteiger partial charge in [0.2, 0.25) is 0 Å². The monoisotopic (exact) mass is 385 g/mol. The first-order valence-corrected chi connectivity index (χ1v) is 10.3. The van der Waals surface area contributed by atoms with Crippen LogP contribution in [0.15, 0.2) is 60.9 Å². The summed E-state index contributed by atoms with van der Waals surface area (Å²) in [5, 5.41) is 0. The van der Waals surface area contributed by atoms with Crippen molar-refractivity contribution in [2.24, 2.45) is 0 Å². The third-order valence-corrected chi connectivity index (χ3v) is 5.72. The van der Waals surface area contributed by atoms with Gasteiger partial charge in [-0.1, -0.05) is 24.3 Å². The summed E-state index contributed by atoms with van der Waals surface area (Å²) in [7, 11) is 0. The Morgan fingerprint density at radius 3 is 2.79 bits per heavy atom. The van der Waals surface area contributed by atoms with Gasteiger partial charge in [-0.15, -0.1) is 0 Å². The molecule has 1 aliphatic heterocycles. The zero-order valence-electron chi connectivity index (χ0n) is 17.1. The molecule has 0 radical (unpaired) electrons. The number of aromatic nitrogens is 2. The molecule has 0 aliphatic carbocycles. The summed E-state index contributed by atoms with van der Waals surface area (Å²) in [5.74, 6) is 0.343. The van der Waals surface area contributed by atoms with E-state index in [1.807, 2.05) is 17.0 Å². The van der Waals surface area contributed by atoms with Crippen LogP contribution in [-0.4, -0.2) is 33.9 Å². The molecule has 1 aliphatic rings. The predicted molar refractivity (Wildman–Crippen MR) is 115 cm³/mol.